The maximum atomic E-state index is 14.6. The van der Waals surface area contributed by atoms with Gasteiger partial charge in [0.2, 0.25) is 0 Å². The number of nitrogens with one attached hydrogen (secondary N) is 1. The van der Waals surface area contributed by atoms with Gasteiger partial charge in [-0.1, -0.05) is 75.7 Å². The van der Waals surface area contributed by atoms with Crippen molar-refractivity contribution in [1.29, 1.82) is 0 Å². The van der Waals surface area contributed by atoms with Crippen molar-refractivity contribution in [1.82, 2.24) is 19.6 Å². The number of nitrogens with two attached hydrogens (primary N) is 1. The first-order valence-corrected chi connectivity index (χ1v) is 17.7. The predicted octanol–water partition coefficient (Wildman–Crippen LogP) is 7.58. The Kier molecular flexibility index (Phi) is 11.1. The summed E-state index contributed by atoms with van der Waals surface area (Å²) >= 11 is 0. The van der Waals surface area contributed by atoms with Gasteiger partial charge in [0.15, 0.2) is 5.82 Å². The summed E-state index contributed by atoms with van der Waals surface area (Å²) in [5, 5.41) is 5.62. The second-order valence-electron chi connectivity index (χ2n) is 11.8. The molecule has 11 nitrogen and oxygen atoms in total. The molecule has 47 heavy (non-hydrogen) atoms. The zero-order chi connectivity index (χ0) is 33.6. The summed E-state index contributed by atoms with van der Waals surface area (Å²) in [4.78, 5) is 22.3. The van der Waals surface area contributed by atoms with Gasteiger partial charge in [-0.25, -0.2) is 14.5 Å². The third-order valence-electron chi connectivity index (χ3n) is 7.97. The Labute approximate surface area is 275 Å². The molecule has 0 amide bonds. The van der Waals surface area contributed by atoms with Crippen LogP contribution in [0.1, 0.15) is 59.3 Å². The minimum absolute atomic E-state index is 0.0218. The Morgan fingerprint density at radius 3 is 2.49 bits per heavy atom. The number of hydrogen-bond acceptors (Lipinski definition) is 9. The van der Waals surface area contributed by atoms with Gasteiger partial charge in [0.25, 0.3) is 0 Å². The summed E-state index contributed by atoms with van der Waals surface area (Å²) in [6, 6.07) is 19.6. The van der Waals surface area contributed by atoms with Gasteiger partial charge >= 0.3 is 13.7 Å². The number of benzene rings is 3. The molecule has 0 fully saturated rings. The molecule has 5 rings (SSSR count). The number of pyridine rings is 1. The molecule has 0 aliphatic heterocycles. The Morgan fingerprint density at radius 1 is 1.00 bits per heavy atom. The average Bonchev–Trinajstić information content (AvgIpc) is 3.43. The zero-order valence-corrected chi connectivity index (χ0v) is 28.5. The van der Waals surface area contributed by atoms with Crippen LogP contribution in [0.5, 0.6) is 5.75 Å². The van der Waals surface area contributed by atoms with Crippen LogP contribution in [0.4, 0.5) is 5.82 Å². The number of carbonyl (C=O) groups excluding carboxylic acids is 1. The molecule has 0 unspecified atom stereocenters. The Bertz CT molecular complexity index is 1890. The second kappa shape index (κ2) is 15.3. The second-order valence-corrected chi connectivity index (χ2v) is 13.5. The van der Waals surface area contributed by atoms with E-state index in [1.54, 1.807) is 19.1 Å². The van der Waals surface area contributed by atoms with Crippen LogP contribution in [0.2, 0.25) is 0 Å². The molecule has 0 saturated heterocycles. The molecule has 3 N–H and O–H groups in total. The van der Waals surface area contributed by atoms with E-state index in [0.717, 1.165) is 40.0 Å². The highest BCUT2D eigenvalue weighted by molar-refractivity contribution is 7.52. The maximum absolute atomic E-state index is 14.6. The van der Waals surface area contributed by atoms with Gasteiger partial charge in [-0.15, -0.1) is 0 Å². The standard InChI is InChI=1S/C35H44N5O6P/c1-6-8-19-44-35(41)24(5)39-47(42,46-27-18-17-25-13-9-10-14-26(25)20-27)45-21-30(23(3)4)40-31(22-43-7-2)38-32-33(40)28-15-11-12-16-29(28)37-34(32)36/h9-18,20,23-24,30H,6-8,19,21-22H2,1-5H3,(H2,36,37)(H,39,42)/t24-,30-,47-/m0/s1. The molecule has 12 heteroatoms. The van der Waals surface area contributed by atoms with E-state index in [2.05, 4.69) is 14.6 Å². The van der Waals surface area contributed by atoms with E-state index in [9.17, 15) is 9.36 Å². The van der Waals surface area contributed by atoms with E-state index in [0.29, 0.717) is 29.5 Å². The number of nitrogen functional groups attached to an aromatic ring is 1. The number of fused-ring (bicyclic) bond motifs is 4. The van der Waals surface area contributed by atoms with Gasteiger partial charge in [0.05, 0.1) is 30.3 Å². The average molecular weight is 662 g/mol. The highest BCUT2D eigenvalue weighted by Crippen LogP contribution is 2.47. The van der Waals surface area contributed by atoms with Crippen LogP contribution < -0.4 is 15.3 Å². The van der Waals surface area contributed by atoms with Gasteiger partial charge in [-0.05, 0) is 55.2 Å². The first-order chi connectivity index (χ1) is 22.6. The van der Waals surface area contributed by atoms with Gasteiger partial charge < -0.3 is 24.3 Å². The van der Waals surface area contributed by atoms with E-state index < -0.39 is 19.8 Å². The molecule has 0 spiro atoms. The first-order valence-electron chi connectivity index (χ1n) is 16.1. The molecule has 0 radical (unpaired) electrons. The number of ether oxygens (including phenoxy) is 2. The van der Waals surface area contributed by atoms with Crippen molar-refractivity contribution in [2.45, 2.75) is 66.2 Å². The third-order valence-corrected chi connectivity index (χ3v) is 9.62. The largest absolute Gasteiger partial charge is 0.465 e. The molecule has 2 aromatic heterocycles. The Balaban J connectivity index is 1.53. The molecule has 2 heterocycles. The molecule has 250 valence electrons. The van der Waals surface area contributed by atoms with E-state index in [1.165, 1.54) is 0 Å². The summed E-state index contributed by atoms with van der Waals surface area (Å²) in [7, 11) is -4.17. The highest BCUT2D eigenvalue weighted by atomic mass is 31.2. The van der Waals surface area contributed by atoms with Crippen LogP contribution in [0.15, 0.2) is 66.7 Å². The number of anilines is 1. The van der Waals surface area contributed by atoms with Crippen LogP contribution >= 0.6 is 7.75 Å². The van der Waals surface area contributed by atoms with Crippen molar-refractivity contribution >= 4 is 52.2 Å². The normalized spacial score (nSPS) is 14.4. The van der Waals surface area contributed by atoms with Crippen molar-refractivity contribution in [2.24, 2.45) is 5.92 Å². The van der Waals surface area contributed by atoms with Crippen molar-refractivity contribution in [3.8, 4) is 5.75 Å². The molecule has 0 saturated carbocycles. The van der Waals surface area contributed by atoms with Crippen LogP contribution in [0.3, 0.4) is 0 Å². The van der Waals surface area contributed by atoms with Gasteiger partial charge in [-0.2, -0.15) is 5.09 Å². The van der Waals surface area contributed by atoms with E-state index in [-0.39, 0.29) is 31.8 Å². The van der Waals surface area contributed by atoms with E-state index >= 15 is 0 Å². The summed E-state index contributed by atoms with van der Waals surface area (Å²) in [6.45, 7) is 10.6. The van der Waals surface area contributed by atoms with Crippen molar-refractivity contribution in [3.05, 3.63) is 72.6 Å². The number of aromatic nitrogens is 3. The molecular weight excluding hydrogens is 617 g/mol. The molecule has 0 aliphatic rings. The van der Waals surface area contributed by atoms with Gasteiger partial charge in [0.1, 0.15) is 29.7 Å². The molecule has 0 bridgehead atoms. The monoisotopic (exact) mass is 661 g/mol. The number of esters is 1. The number of hydrogen-bond donors (Lipinski definition) is 2. The summed E-state index contributed by atoms with van der Waals surface area (Å²) in [5.41, 5.74) is 8.50. The topological polar surface area (TPSA) is 140 Å². The Hall–Kier alpha value is -4.02. The van der Waals surface area contributed by atoms with Crippen LogP contribution in [-0.4, -0.2) is 46.4 Å². The smallest absolute Gasteiger partial charge is 0.459 e. The number of imidazole rings is 1. The fourth-order valence-electron chi connectivity index (χ4n) is 5.45. The van der Waals surface area contributed by atoms with Gasteiger partial charge in [-0.3, -0.25) is 9.32 Å². The minimum atomic E-state index is -4.17. The number of carbonyl (C=O) groups is 1. The maximum Gasteiger partial charge on any atom is 0.459 e. The number of nitrogens with zero attached hydrogens (tertiary/aromatic N) is 3. The van der Waals surface area contributed by atoms with E-state index in [4.69, 9.17) is 29.2 Å². The van der Waals surface area contributed by atoms with Crippen molar-refractivity contribution in [3.63, 3.8) is 0 Å². The number of rotatable bonds is 16. The fourth-order valence-corrected chi connectivity index (χ4v) is 6.95. The lowest BCUT2D eigenvalue weighted by molar-refractivity contribution is -0.145. The quantitative estimate of drug-likeness (QED) is 0.0618. The molecular formula is C35H44N5O6P. The summed E-state index contributed by atoms with van der Waals surface area (Å²) in [5.74, 6) is 0.716. The highest BCUT2D eigenvalue weighted by Gasteiger charge is 2.35. The first kappa shape index (κ1) is 34.3. The molecule has 3 aromatic carbocycles. The third kappa shape index (κ3) is 7.93. The number of para-hydroxylation sites is 1. The fraction of sp³-hybridized carbons (Fsp3) is 0.400. The molecule has 3 atom stereocenters. The van der Waals surface area contributed by atoms with Crippen molar-refractivity contribution < 1.29 is 27.9 Å². The molecule has 0 aliphatic carbocycles. The minimum Gasteiger partial charge on any atom is -0.465 e. The summed E-state index contributed by atoms with van der Waals surface area (Å²) < 4.78 is 40.3. The lowest BCUT2D eigenvalue weighted by Gasteiger charge is -2.29. The van der Waals surface area contributed by atoms with Crippen LogP contribution in [-0.2, 0) is 30.0 Å². The van der Waals surface area contributed by atoms with E-state index in [1.807, 2.05) is 82.3 Å². The lowest BCUT2D eigenvalue weighted by atomic mass is 10.0. The molecule has 5 aromatic rings. The Morgan fingerprint density at radius 2 is 1.74 bits per heavy atom. The lowest BCUT2D eigenvalue weighted by Crippen LogP contribution is -2.36. The van der Waals surface area contributed by atoms with Crippen LogP contribution in [0, 0.1) is 5.92 Å². The zero-order valence-electron chi connectivity index (χ0n) is 27.6. The number of unbranched alkanes of at least 4 members (excludes halogenated alkanes) is 1. The van der Waals surface area contributed by atoms with Crippen LogP contribution in [0.25, 0.3) is 32.7 Å². The van der Waals surface area contributed by atoms with Gasteiger partial charge in [0, 0.05) is 12.0 Å². The summed E-state index contributed by atoms with van der Waals surface area (Å²) in [6.07, 6.45) is 1.61. The predicted molar refractivity (Wildman–Crippen MR) is 185 cm³/mol. The SMILES string of the molecule is CCCCOC(=O)[C@H](C)N[P@](=O)(OC[C@@H](C(C)C)n1c(COCC)nc2c(N)nc3ccccc3c21)Oc1ccc2ccccc2c1. The van der Waals surface area contributed by atoms with Crippen molar-refractivity contribution in [2.75, 3.05) is 25.6 Å².